The van der Waals surface area contributed by atoms with Gasteiger partial charge in [0.25, 0.3) is 0 Å². The standard InChI is InChI=1S/C21H24N4O3/c1-13(2)25-12-15(11-22-25)20-17(8-9-28-20)21(26)23-16-5-6-18-14(10-16)4-7-19(24-18)27-3/h4-7,10-13,17,20H,8-9H2,1-3H3,(H,23,26)/t17-,20+/m1/s1. The fraction of sp³-hybridized carbons (Fsp3) is 0.381. The number of benzene rings is 1. The lowest BCUT2D eigenvalue weighted by molar-refractivity contribution is -0.121. The van der Waals surface area contributed by atoms with E-state index in [1.54, 1.807) is 19.4 Å². The second-order valence-corrected chi connectivity index (χ2v) is 7.28. The second kappa shape index (κ2) is 7.59. The fourth-order valence-corrected chi connectivity index (χ4v) is 3.50. The van der Waals surface area contributed by atoms with Gasteiger partial charge in [0.1, 0.15) is 0 Å². The van der Waals surface area contributed by atoms with Crippen molar-refractivity contribution in [2.24, 2.45) is 5.92 Å². The molecule has 2 atom stereocenters. The number of hydrogen-bond donors (Lipinski definition) is 1. The molecule has 4 rings (SSSR count). The Balaban J connectivity index is 1.51. The van der Waals surface area contributed by atoms with Crippen molar-refractivity contribution in [1.82, 2.24) is 14.8 Å². The first-order valence-corrected chi connectivity index (χ1v) is 9.46. The predicted octanol–water partition coefficient (Wildman–Crippen LogP) is 3.74. The van der Waals surface area contributed by atoms with Crippen LogP contribution in [0.1, 0.15) is 38.0 Å². The number of pyridine rings is 1. The van der Waals surface area contributed by atoms with Crippen molar-refractivity contribution in [1.29, 1.82) is 0 Å². The highest BCUT2D eigenvalue weighted by Gasteiger charge is 2.36. The zero-order valence-electron chi connectivity index (χ0n) is 16.3. The van der Waals surface area contributed by atoms with Gasteiger partial charge in [-0.25, -0.2) is 4.98 Å². The summed E-state index contributed by atoms with van der Waals surface area (Å²) in [6.45, 7) is 4.71. The van der Waals surface area contributed by atoms with Gasteiger partial charge in [0, 0.05) is 41.5 Å². The van der Waals surface area contributed by atoms with Gasteiger partial charge in [0.15, 0.2) is 0 Å². The van der Waals surface area contributed by atoms with Crippen LogP contribution >= 0.6 is 0 Å². The monoisotopic (exact) mass is 380 g/mol. The molecular formula is C21H24N4O3. The second-order valence-electron chi connectivity index (χ2n) is 7.28. The number of anilines is 1. The van der Waals surface area contributed by atoms with E-state index < -0.39 is 0 Å². The van der Waals surface area contributed by atoms with E-state index >= 15 is 0 Å². The maximum Gasteiger partial charge on any atom is 0.230 e. The Bertz CT molecular complexity index is 998. The van der Waals surface area contributed by atoms with Crippen LogP contribution in [0.2, 0.25) is 0 Å². The van der Waals surface area contributed by atoms with Crippen molar-refractivity contribution in [3.05, 3.63) is 48.3 Å². The van der Waals surface area contributed by atoms with Crippen LogP contribution in [-0.4, -0.2) is 34.4 Å². The van der Waals surface area contributed by atoms with Crippen molar-refractivity contribution >= 4 is 22.5 Å². The molecule has 1 fully saturated rings. The van der Waals surface area contributed by atoms with E-state index in [1.165, 1.54) is 0 Å². The predicted molar refractivity (Wildman–Crippen MR) is 106 cm³/mol. The molecule has 1 amide bonds. The lowest BCUT2D eigenvalue weighted by Crippen LogP contribution is -2.25. The van der Waals surface area contributed by atoms with Crippen LogP contribution in [0, 0.1) is 5.92 Å². The van der Waals surface area contributed by atoms with E-state index in [9.17, 15) is 4.79 Å². The molecule has 146 valence electrons. The highest BCUT2D eigenvalue weighted by Crippen LogP contribution is 2.35. The summed E-state index contributed by atoms with van der Waals surface area (Å²) in [4.78, 5) is 17.3. The number of nitrogens with one attached hydrogen (secondary N) is 1. The first-order chi connectivity index (χ1) is 13.5. The molecule has 0 bridgehead atoms. The number of carbonyl (C=O) groups is 1. The molecule has 7 heteroatoms. The van der Waals surface area contributed by atoms with E-state index in [4.69, 9.17) is 9.47 Å². The molecule has 3 aromatic rings. The van der Waals surface area contributed by atoms with Crippen molar-refractivity contribution in [2.45, 2.75) is 32.4 Å². The Kier molecular flexibility index (Phi) is 5.00. The number of methoxy groups -OCH3 is 1. The molecule has 1 N–H and O–H groups in total. The van der Waals surface area contributed by atoms with Crippen LogP contribution in [-0.2, 0) is 9.53 Å². The van der Waals surface area contributed by atoms with Gasteiger partial charge in [-0.2, -0.15) is 5.10 Å². The molecule has 0 aliphatic carbocycles. The minimum Gasteiger partial charge on any atom is -0.481 e. The van der Waals surface area contributed by atoms with Gasteiger partial charge in [-0.15, -0.1) is 0 Å². The summed E-state index contributed by atoms with van der Waals surface area (Å²) in [7, 11) is 1.59. The number of hydrogen-bond acceptors (Lipinski definition) is 5. The number of aromatic nitrogens is 3. The lowest BCUT2D eigenvalue weighted by Gasteiger charge is -2.17. The van der Waals surface area contributed by atoms with Crippen molar-refractivity contribution < 1.29 is 14.3 Å². The molecule has 28 heavy (non-hydrogen) atoms. The molecule has 0 radical (unpaired) electrons. The van der Waals surface area contributed by atoms with Gasteiger partial charge < -0.3 is 14.8 Å². The van der Waals surface area contributed by atoms with E-state index in [0.29, 0.717) is 18.9 Å². The SMILES string of the molecule is COc1ccc2cc(NC(=O)[C@@H]3CCO[C@H]3c3cnn(C(C)C)c3)ccc2n1. The zero-order valence-corrected chi connectivity index (χ0v) is 16.3. The smallest absolute Gasteiger partial charge is 0.230 e. The van der Waals surface area contributed by atoms with E-state index in [1.807, 2.05) is 35.1 Å². The van der Waals surface area contributed by atoms with Crippen molar-refractivity contribution in [3.8, 4) is 5.88 Å². The Morgan fingerprint density at radius 1 is 1.32 bits per heavy atom. The summed E-state index contributed by atoms with van der Waals surface area (Å²) in [6, 6.07) is 9.66. The summed E-state index contributed by atoms with van der Waals surface area (Å²) in [6.07, 6.45) is 4.19. The van der Waals surface area contributed by atoms with Crippen LogP contribution in [0.15, 0.2) is 42.7 Å². The van der Waals surface area contributed by atoms with Gasteiger partial charge in [0.05, 0.1) is 30.8 Å². The largest absolute Gasteiger partial charge is 0.481 e. The van der Waals surface area contributed by atoms with Gasteiger partial charge in [0.2, 0.25) is 11.8 Å². The molecule has 2 aromatic heterocycles. The molecule has 1 aromatic carbocycles. The summed E-state index contributed by atoms with van der Waals surface area (Å²) in [5.41, 5.74) is 2.51. The molecule has 0 saturated carbocycles. The van der Waals surface area contributed by atoms with Gasteiger partial charge in [-0.1, -0.05) is 0 Å². The number of nitrogens with zero attached hydrogens (tertiary/aromatic N) is 3. The van der Waals surface area contributed by atoms with Crippen LogP contribution < -0.4 is 10.1 Å². The highest BCUT2D eigenvalue weighted by molar-refractivity contribution is 5.95. The Labute approximate surface area is 163 Å². The molecule has 0 spiro atoms. The Morgan fingerprint density at radius 2 is 2.18 bits per heavy atom. The molecule has 0 unspecified atom stereocenters. The van der Waals surface area contributed by atoms with E-state index in [0.717, 1.165) is 22.2 Å². The summed E-state index contributed by atoms with van der Waals surface area (Å²) >= 11 is 0. The minimum atomic E-state index is -0.265. The average molecular weight is 380 g/mol. The third-order valence-electron chi connectivity index (χ3n) is 5.05. The first kappa shape index (κ1) is 18.4. The van der Waals surface area contributed by atoms with E-state index in [2.05, 4.69) is 29.2 Å². The summed E-state index contributed by atoms with van der Waals surface area (Å²) in [5.74, 6) is 0.285. The molecule has 1 aliphatic rings. The van der Waals surface area contributed by atoms with Crippen LogP contribution in [0.25, 0.3) is 10.9 Å². The topological polar surface area (TPSA) is 78.3 Å². The fourth-order valence-electron chi connectivity index (χ4n) is 3.50. The highest BCUT2D eigenvalue weighted by atomic mass is 16.5. The van der Waals surface area contributed by atoms with Gasteiger partial charge in [-0.3, -0.25) is 9.48 Å². The van der Waals surface area contributed by atoms with E-state index in [-0.39, 0.29) is 24.0 Å². The number of ether oxygens (including phenoxy) is 2. The number of amides is 1. The summed E-state index contributed by atoms with van der Waals surface area (Å²) in [5, 5.41) is 8.34. The summed E-state index contributed by atoms with van der Waals surface area (Å²) < 4.78 is 12.9. The quantitative estimate of drug-likeness (QED) is 0.730. The molecule has 1 aliphatic heterocycles. The number of fused-ring (bicyclic) bond motifs is 1. The maximum absolute atomic E-state index is 12.9. The van der Waals surface area contributed by atoms with Crippen LogP contribution in [0.5, 0.6) is 5.88 Å². The van der Waals surface area contributed by atoms with Crippen LogP contribution in [0.4, 0.5) is 5.69 Å². The Morgan fingerprint density at radius 3 is 2.93 bits per heavy atom. The molecule has 3 heterocycles. The lowest BCUT2D eigenvalue weighted by atomic mass is 9.96. The number of rotatable bonds is 5. The molecular weight excluding hydrogens is 356 g/mol. The molecule has 7 nitrogen and oxygen atoms in total. The molecule has 1 saturated heterocycles. The maximum atomic E-state index is 12.9. The van der Waals surface area contributed by atoms with Crippen LogP contribution in [0.3, 0.4) is 0 Å². The Hall–Kier alpha value is -2.93. The third-order valence-corrected chi connectivity index (χ3v) is 5.05. The van der Waals surface area contributed by atoms with Crippen molar-refractivity contribution in [3.63, 3.8) is 0 Å². The van der Waals surface area contributed by atoms with Gasteiger partial charge in [-0.05, 0) is 44.5 Å². The third kappa shape index (κ3) is 3.57. The average Bonchev–Trinajstić information content (AvgIpc) is 3.36. The van der Waals surface area contributed by atoms with Crippen molar-refractivity contribution in [2.75, 3.05) is 19.0 Å². The normalized spacial score (nSPS) is 19.3. The zero-order chi connectivity index (χ0) is 19.7. The number of carbonyl (C=O) groups excluding carboxylic acids is 1. The van der Waals surface area contributed by atoms with Gasteiger partial charge >= 0.3 is 0 Å². The minimum absolute atomic E-state index is 0.0411. The first-order valence-electron chi connectivity index (χ1n) is 9.46.